The molecule has 0 radical (unpaired) electrons. The van der Waals surface area contributed by atoms with Gasteiger partial charge in [-0.1, -0.05) is 36.4 Å². The molecule has 1 aromatic heterocycles. The van der Waals surface area contributed by atoms with Crippen molar-refractivity contribution in [2.24, 2.45) is 0 Å². The van der Waals surface area contributed by atoms with Crippen molar-refractivity contribution in [3.8, 4) is 11.5 Å². The normalized spacial score (nSPS) is 19.1. The van der Waals surface area contributed by atoms with Gasteiger partial charge in [-0.25, -0.2) is 8.42 Å². The van der Waals surface area contributed by atoms with Crippen LogP contribution in [-0.4, -0.2) is 55.9 Å². The Morgan fingerprint density at radius 3 is 2.72 bits per heavy atom. The van der Waals surface area contributed by atoms with Crippen molar-refractivity contribution in [2.45, 2.75) is 28.9 Å². The van der Waals surface area contributed by atoms with Gasteiger partial charge in [0.25, 0.3) is 0 Å². The highest BCUT2D eigenvalue weighted by molar-refractivity contribution is 7.91. The molecule has 2 aliphatic rings. The molecular weight excluding hydrogens is 426 g/mol. The number of aromatic nitrogens is 2. The molecule has 3 heterocycles. The standard InChI is InChI=1S/C24H23N3O4S/c28-32(29,21-9-5-7-16-6-1-2-8-18(16)21)24-22-19(25-26-24)10-11-20-23(22)31-17(15-30-20)14-27-12-3-4-13-27/h1-2,5-11,17H,3-4,12-15H2,(H,25,26)/t17-/m1/s1. The number of benzene rings is 3. The number of nitrogens with zero attached hydrogens (tertiary/aromatic N) is 2. The van der Waals surface area contributed by atoms with E-state index in [1.54, 1.807) is 24.3 Å². The Morgan fingerprint density at radius 1 is 1.03 bits per heavy atom. The average molecular weight is 450 g/mol. The predicted molar refractivity (Wildman–Crippen MR) is 121 cm³/mol. The van der Waals surface area contributed by atoms with Crippen LogP contribution < -0.4 is 9.47 Å². The molecule has 0 amide bonds. The van der Waals surface area contributed by atoms with Gasteiger partial charge in [0, 0.05) is 11.9 Å². The average Bonchev–Trinajstić information content (AvgIpc) is 3.49. The molecule has 1 N–H and O–H groups in total. The van der Waals surface area contributed by atoms with Crippen molar-refractivity contribution in [3.05, 3.63) is 54.6 Å². The summed E-state index contributed by atoms with van der Waals surface area (Å²) in [5.74, 6) is 0.997. The molecule has 0 aliphatic carbocycles. The summed E-state index contributed by atoms with van der Waals surface area (Å²) in [6, 6.07) is 16.3. The summed E-state index contributed by atoms with van der Waals surface area (Å²) in [6.45, 7) is 3.32. The molecule has 0 saturated carbocycles. The van der Waals surface area contributed by atoms with E-state index < -0.39 is 9.84 Å². The van der Waals surface area contributed by atoms with Crippen LogP contribution >= 0.6 is 0 Å². The first-order valence-electron chi connectivity index (χ1n) is 10.9. The summed E-state index contributed by atoms with van der Waals surface area (Å²) in [5.41, 5.74) is 0.605. The minimum absolute atomic E-state index is 0.0360. The molecule has 8 heteroatoms. The summed E-state index contributed by atoms with van der Waals surface area (Å²) in [5, 5.41) is 9.04. The van der Waals surface area contributed by atoms with Gasteiger partial charge in [0.15, 0.2) is 16.5 Å². The van der Waals surface area contributed by atoms with Crippen molar-refractivity contribution in [1.29, 1.82) is 0 Å². The monoisotopic (exact) mass is 449 g/mol. The predicted octanol–water partition coefficient (Wildman–Crippen LogP) is 3.78. The second kappa shape index (κ2) is 7.50. The minimum atomic E-state index is -3.91. The lowest BCUT2D eigenvalue weighted by atomic mass is 10.1. The van der Waals surface area contributed by atoms with Gasteiger partial charge in [-0.05, 0) is 49.5 Å². The summed E-state index contributed by atoms with van der Waals surface area (Å²) >= 11 is 0. The lowest BCUT2D eigenvalue weighted by molar-refractivity contribution is 0.0666. The number of aromatic amines is 1. The van der Waals surface area contributed by atoms with Crippen LogP contribution in [0.15, 0.2) is 64.5 Å². The molecule has 7 nitrogen and oxygen atoms in total. The third-order valence-electron chi connectivity index (χ3n) is 6.28. The van der Waals surface area contributed by atoms with E-state index in [0.29, 0.717) is 34.4 Å². The summed E-state index contributed by atoms with van der Waals surface area (Å²) in [7, 11) is -3.91. The highest BCUT2D eigenvalue weighted by Gasteiger charge is 2.32. The van der Waals surface area contributed by atoms with E-state index in [9.17, 15) is 8.42 Å². The summed E-state index contributed by atoms with van der Waals surface area (Å²) in [6.07, 6.45) is 2.24. The van der Waals surface area contributed by atoms with Gasteiger partial charge in [-0.3, -0.25) is 10.00 Å². The van der Waals surface area contributed by atoms with Crippen LogP contribution in [0.1, 0.15) is 12.8 Å². The fourth-order valence-corrected chi connectivity index (χ4v) is 6.30. The maximum Gasteiger partial charge on any atom is 0.227 e. The molecule has 164 valence electrons. The number of hydrogen-bond acceptors (Lipinski definition) is 6. The molecule has 2 aliphatic heterocycles. The molecule has 0 spiro atoms. The van der Waals surface area contributed by atoms with Crippen molar-refractivity contribution in [3.63, 3.8) is 0 Å². The summed E-state index contributed by atoms with van der Waals surface area (Å²) in [4.78, 5) is 2.59. The highest BCUT2D eigenvalue weighted by atomic mass is 32.2. The van der Waals surface area contributed by atoms with Gasteiger partial charge in [0.05, 0.1) is 15.8 Å². The highest BCUT2D eigenvalue weighted by Crippen LogP contribution is 2.42. The van der Waals surface area contributed by atoms with E-state index in [1.807, 2.05) is 30.3 Å². The van der Waals surface area contributed by atoms with Crippen LogP contribution in [0.5, 0.6) is 11.5 Å². The molecule has 6 rings (SSSR count). The zero-order chi connectivity index (χ0) is 21.7. The van der Waals surface area contributed by atoms with E-state index in [2.05, 4.69) is 15.1 Å². The zero-order valence-corrected chi connectivity index (χ0v) is 18.3. The van der Waals surface area contributed by atoms with Crippen molar-refractivity contribution in [2.75, 3.05) is 26.2 Å². The number of ether oxygens (including phenoxy) is 2. The van der Waals surface area contributed by atoms with Crippen molar-refractivity contribution >= 4 is 31.5 Å². The number of rotatable bonds is 4. The molecule has 0 unspecified atom stereocenters. The number of sulfone groups is 1. The van der Waals surface area contributed by atoms with Crippen LogP contribution in [0.2, 0.25) is 0 Å². The number of fused-ring (bicyclic) bond motifs is 4. The smallest absolute Gasteiger partial charge is 0.227 e. The minimum Gasteiger partial charge on any atom is -0.486 e. The fourth-order valence-electron chi connectivity index (χ4n) is 4.72. The Labute approximate surface area is 185 Å². The molecule has 1 fully saturated rings. The van der Waals surface area contributed by atoms with Crippen molar-refractivity contribution < 1.29 is 17.9 Å². The van der Waals surface area contributed by atoms with E-state index >= 15 is 0 Å². The molecule has 4 aromatic rings. The lowest BCUT2D eigenvalue weighted by Gasteiger charge is -2.30. The Kier molecular flexibility index (Phi) is 4.58. The first-order valence-corrected chi connectivity index (χ1v) is 12.4. The Hall–Kier alpha value is -3.10. The van der Waals surface area contributed by atoms with E-state index in [-0.39, 0.29) is 16.0 Å². The fraction of sp³-hybridized carbons (Fsp3) is 0.292. The quantitative estimate of drug-likeness (QED) is 0.510. The second-order valence-electron chi connectivity index (χ2n) is 8.38. The lowest BCUT2D eigenvalue weighted by Crippen LogP contribution is -2.39. The molecule has 3 aromatic carbocycles. The SMILES string of the molecule is O=S(=O)(c1cccc2ccccc12)c1n[nH]c2ccc3c(c12)O[C@H](CN1CCCC1)CO3. The van der Waals surface area contributed by atoms with Gasteiger partial charge in [0.1, 0.15) is 12.7 Å². The first kappa shape index (κ1) is 19.6. The maximum atomic E-state index is 13.8. The van der Waals surface area contributed by atoms with E-state index in [0.717, 1.165) is 25.0 Å². The van der Waals surface area contributed by atoms with Gasteiger partial charge in [0.2, 0.25) is 9.84 Å². The van der Waals surface area contributed by atoms with Crippen LogP contribution in [0, 0.1) is 0 Å². The molecule has 32 heavy (non-hydrogen) atoms. The van der Waals surface area contributed by atoms with Crippen LogP contribution in [0.3, 0.4) is 0 Å². The van der Waals surface area contributed by atoms with Gasteiger partial charge in [-0.2, -0.15) is 5.10 Å². The number of likely N-dealkylation sites (tertiary alicyclic amines) is 1. The van der Waals surface area contributed by atoms with Crippen LogP contribution in [-0.2, 0) is 9.84 Å². The molecule has 1 saturated heterocycles. The number of hydrogen-bond donors (Lipinski definition) is 1. The van der Waals surface area contributed by atoms with Gasteiger partial charge < -0.3 is 9.47 Å². The largest absolute Gasteiger partial charge is 0.486 e. The van der Waals surface area contributed by atoms with E-state index in [4.69, 9.17) is 9.47 Å². The second-order valence-corrected chi connectivity index (χ2v) is 10.2. The maximum absolute atomic E-state index is 13.8. The molecule has 1 atom stereocenters. The van der Waals surface area contributed by atoms with E-state index in [1.165, 1.54) is 12.8 Å². The Morgan fingerprint density at radius 2 is 1.84 bits per heavy atom. The summed E-state index contributed by atoms with van der Waals surface area (Å²) < 4.78 is 39.9. The zero-order valence-electron chi connectivity index (χ0n) is 17.5. The van der Waals surface area contributed by atoms with Crippen LogP contribution in [0.25, 0.3) is 21.7 Å². The first-order chi connectivity index (χ1) is 15.6. The third kappa shape index (κ3) is 3.13. The number of nitrogens with one attached hydrogen (secondary N) is 1. The van der Waals surface area contributed by atoms with Gasteiger partial charge >= 0.3 is 0 Å². The van der Waals surface area contributed by atoms with Crippen molar-refractivity contribution in [1.82, 2.24) is 15.1 Å². The Balaban J connectivity index is 1.46. The van der Waals surface area contributed by atoms with Gasteiger partial charge in [-0.15, -0.1) is 0 Å². The Bertz CT molecular complexity index is 1420. The molecular formula is C24H23N3O4S. The van der Waals surface area contributed by atoms with Crippen LogP contribution in [0.4, 0.5) is 0 Å². The number of H-pyrrole nitrogens is 1. The molecule has 0 bridgehead atoms. The third-order valence-corrected chi connectivity index (χ3v) is 8.02. The topological polar surface area (TPSA) is 84.5 Å².